The lowest BCUT2D eigenvalue weighted by molar-refractivity contribution is -0.148. The van der Waals surface area contributed by atoms with Crippen molar-refractivity contribution in [2.24, 2.45) is 35.5 Å². The van der Waals surface area contributed by atoms with Crippen molar-refractivity contribution in [1.82, 2.24) is 4.90 Å². The van der Waals surface area contributed by atoms with E-state index in [0.717, 1.165) is 11.3 Å². The average Bonchev–Trinajstić information content (AvgIpc) is 3.49. The molecule has 0 N–H and O–H groups in total. The number of ether oxygens (including phenoxy) is 2. The largest absolute Gasteiger partial charge is 0.465 e. The van der Waals surface area contributed by atoms with Crippen LogP contribution in [0.3, 0.4) is 0 Å². The molecule has 7 heteroatoms. The van der Waals surface area contributed by atoms with Crippen LogP contribution < -0.4 is 4.74 Å². The van der Waals surface area contributed by atoms with E-state index >= 15 is 0 Å². The maximum atomic E-state index is 12.9. The van der Waals surface area contributed by atoms with E-state index in [4.69, 9.17) is 4.74 Å². The number of benzene rings is 1. The fraction of sp³-hybridized carbons (Fsp3) is 0.429. The van der Waals surface area contributed by atoms with E-state index in [2.05, 4.69) is 16.9 Å². The number of esters is 2. The standard InChI is InChI=1S/C21H19NO6/c1-27-21(26)10-2-4-11(5-3-10)28-16(23)9-22-19(24)17-12-6-7-13(15-8-14(12)15)18(17)20(22)25/h2-7,12-15,17-18H,8-9H2,1H3/t12-,13-,14-,15-,17+,18+/m0/s1. The van der Waals surface area contributed by atoms with Gasteiger partial charge in [-0.25, -0.2) is 9.59 Å². The summed E-state index contributed by atoms with van der Waals surface area (Å²) in [6.45, 7) is -0.391. The molecule has 1 saturated heterocycles. The molecule has 0 spiro atoms. The van der Waals surface area contributed by atoms with Crippen LogP contribution in [0, 0.1) is 35.5 Å². The number of carbonyl (C=O) groups is 4. The molecule has 2 saturated carbocycles. The van der Waals surface area contributed by atoms with Crippen LogP contribution in [0.4, 0.5) is 0 Å². The quantitative estimate of drug-likeness (QED) is 0.339. The van der Waals surface area contributed by atoms with E-state index < -0.39 is 18.5 Å². The van der Waals surface area contributed by atoms with Crippen LogP contribution in [0.1, 0.15) is 16.8 Å². The third kappa shape index (κ3) is 2.42. The summed E-state index contributed by atoms with van der Waals surface area (Å²) >= 11 is 0. The Kier molecular flexibility index (Phi) is 3.69. The van der Waals surface area contributed by atoms with Gasteiger partial charge in [0.05, 0.1) is 24.5 Å². The Balaban J connectivity index is 1.27. The van der Waals surface area contributed by atoms with E-state index in [-0.39, 0.29) is 41.2 Å². The second-order valence-electron chi connectivity index (χ2n) is 7.91. The number of nitrogens with zero attached hydrogens (tertiary/aromatic N) is 1. The van der Waals surface area contributed by atoms with Gasteiger partial charge in [0, 0.05) is 0 Å². The zero-order valence-corrected chi connectivity index (χ0v) is 15.2. The van der Waals surface area contributed by atoms with Crippen LogP contribution in [-0.4, -0.2) is 42.3 Å². The number of hydrogen-bond donors (Lipinski definition) is 0. The summed E-state index contributed by atoms with van der Waals surface area (Å²) in [5, 5.41) is 0. The van der Waals surface area contributed by atoms with E-state index in [0.29, 0.717) is 17.4 Å². The molecule has 3 fully saturated rings. The summed E-state index contributed by atoms with van der Waals surface area (Å²) in [5.74, 6) is -0.788. The predicted molar refractivity (Wildman–Crippen MR) is 94.8 cm³/mol. The zero-order valence-electron chi connectivity index (χ0n) is 15.2. The minimum Gasteiger partial charge on any atom is -0.465 e. The van der Waals surface area contributed by atoms with Crippen LogP contribution in [-0.2, 0) is 19.1 Å². The fourth-order valence-corrected chi connectivity index (χ4v) is 5.24. The van der Waals surface area contributed by atoms with Crippen LogP contribution in [0.2, 0.25) is 0 Å². The molecule has 2 bridgehead atoms. The number of likely N-dealkylation sites (tertiary alicyclic amines) is 1. The molecule has 2 amide bonds. The Morgan fingerprint density at radius 3 is 2.11 bits per heavy atom. The third-order valence-corrected chi connectivity index (χ3v) is 6.55. The van der Waals surface area contributed by atoms with Gasteiger partial charge in [0.25, 0.3) is 0 Å². The molecule has 6 rings (SSSR count). The lowest BCUT2D eigenvalue weighted by Gasteiger charge is -2.37. The van der Waals surface area contributed by atoms with E-state index in [1.165, 1.54) is 31.4 Å². The topological polar surface area (TPSA) is 90.0 Å². The number of methoxy groups -OCH3 is 1. The Morgan fingerprint density at radius 2 is 1.57 bits per heavy atom. The summed E-state index contributed by atoms with van der Waals surface area (Å²) in [4.78, 5) is 50.5. The van der Waals surface area contributed by atoms with Gasteiger partial charge in [-0.1, -0.05) is 12.2 Å². The van der Waals surface area contributed by atoms with Gasteiger partial charge in [-0.3, -0.25) is 14.5 Å². The third-order valence-electron chi connectivity index (χ3n) is 6.55. The molecule has 144 valence electrons. The first-order valence-electron chi connectivity index (χ1n) is 9.42. The second kappa shape index (κ2) is 6.02. The van der Waals surface area contributed by atoms with E-state index in [1.54, 1.807) is 0 Å². The minimum atomic E-state index is -0.684. The van der Waals surface area contributed by atoms with Gasteiger partial charge >= 0.3 is 11.9 Å². The summed E-state index contributed by atoms with van der Waals surface area (Å²) in [6, 6.07) is 5.89. The van der Waals surface area contributed by atoms with E-state index in [9.17, 15) is 19.2 Å². The Morgan fingerprint density at radius 1 is 1.00 bits per heavy atom. The molecule has 1 heterocycles. The van der Waals surface area contributed by atoms with Gasteiger partial charge in [-0.2, -0.15) is 0 Å². The summed E-state index contributed by atoms with van der Waals surface area (Å²) in [5.41, 5.74) is 0.331. The number of allylic oxidation sites excluding steroid dienone is 2. The van der Waals surface area contributed by atoms with Gasteiger partial charge in [-0.15, -0.1) is 0 Å². The molecule has 1 aliphatic heterocycles. The second-order valence-corrected chi connectivity index (χ2v) is 7.91. The smallest absolute Gasteiger partial charge is 0.337 e. The molecule has 5 aliphatic rings. The Bertz CT molecular complexity index is 883. The summed E-state index contributed by atoms with van der Waals surface area (Å²) < 4.78 is 9.86. The van der Waals surface area contributed by atoms with Gasteiger partial charge in [0.1, 0.15) is 12.3 Å². The number of carbonyl (C=O) groups excluding carboxylic acids is 4. The van der Waals surface area contributed by atoms with Crippen molar-refractivity contribution in [1.29, 1.82) is 0 Å². The molecular weight excluding hydrogens is 362 g/mol. The first-order valence-corrected chi connectivity index (χ1v) is 9.42. The normalized spacial score (nSPS) is 34.1. The predicted octanol–water partition coefficient (Wildman–Crippen LogP) is 1.43. The van der Waals surface area contributed by atoms with Crippen molar-refractivity contribution >= 4 is 23.8 Å². The monoisotopic (exact) mass is 381 g/mol. The first kappa shape index (κ1) is 17.2. The average molecular weight is 381 g/mol. The zero-order chi connectivity index (χ0) is 19.6. The van der Waals surface area contributed by atoms with Gasteiger partial charge < -0.3 is 9.47 Å². The molecule has 4 aliphatic carbocycles. The lowest BCUT2D eigenvalue weighted by Crippen LogP contribution is -2.40. The van der Waals surface area contributed by atoms with Crippen molar-refractivity contribution in [3.63, 3.8) is 0 Å². The highest BCUT2D eigenvalue weighted by Crippen LogP contribution is 2.65. The molecule has 1 aromatic rings. The maximum Gasteiger partial charge on any atom is 0.337 e. The molecule has 0 aromatic heterocycles. The Labute approximate surface area is 161 Å². The van der Waals surface area contributed by atoms with Crippen LogP contribution in [0.15, 0.2) is 36.4 Å². The highest BCUT2D eigenvalue weighted by Gasteiger charge is 2.67. The lowest BCUT2D eigenvalue weighted by atomic mass is 9.63. The van der Waals surface area contributed by atoms with Gasteiger partial charge in [0.15, 0.2) is 0 Å². The van der Waals surface area contributed by atoms with Crippen molar-refractivity contribution in [2.75, 3.05) is 13.7 Å². The molecule has 28 heavy (non-hydrogen) atoms. The molecule has 1 aromatic carbocycles. The molecule has 7 nitrogen and oxygen atoms in total. The van der Waals surface area contributed by atoms with Crippen LogP contribution in [0.5, 0.6) is 5.75 Å². The maximum absolute atomic E-state index is 12.9. The number of hydrogen-bond acceptors (Lipinski definition) is 6. The molecule has 6 atom stereocenters. The van der Waals surface area contributed by atoms with Gasteiger partial charge in [0.2, 0.25) is 11.8 Å². The van der Waals surface area contributed by atoms with Crippen LogP contribution >= 0.6 is 0 Å². The highest BCUT2D eigenvalue weighted by atomic mass is 16.5. The van der Waals surface area contributed by atoms with Crippen molar-refractivity contribution < 1.29 is 28.7 Å². The Hall–Kier alpha value is -2.96. The molecular formula is C21H19NO6. The first-order chi connectivity index (χ1) is 13.5. The summed E-state index contributed by atoms with van der Waals surface area (Å²) in [7, 11) is 1.28. The number of rotatable bonds is 4. The highest BCUT2D eigenvalue weighted by molar-refractivity contribution is 6.08. The van der Waals surface area contributed by atoms with Gasteiger partial charge in [-0.05, 0) is 54.4 Å². The van der Waals surface area contributed by atoms with Crippen LogP contribution in [0.25, 0.3) is 0 Å². The van der Waals surface area contributed by atoms with Crippen molar-refractivity contribution in [3.05, 3.63) is 42.0 Å². The van der Waals surface area contributed by atoms with E-state index in [1.807, 2.05) is 0 Å². The number of imide groups is 1. The molecule has 0 unspecified atom stereocenters. The van der Waals surface area contributed by atoms with Crippen molar-refractivity contribution in [3.8, 4) is 5.75 Å². The fourth-order valence-electron chi connectivity index (χ4n) is 5.24. The molecule has 0 radical (unpaired) electrons. The SMILES string of the molecule is COC(=O)c1ccc(OC(=O)CN2C(=O)[C@@H]3[C@H]4C=C[C@@H]([C@@H]5C[C@@H]45)[C@H]3C2=O)cc1. The number of amides is 2. The minimum absolute atomic E-state index is 0.128. The van der Waals surface area contributed by atoms with Crippen molar-refractivity contribution in [2.45, 2.75) is 6.42 Å². The summed E-state index contributed by atoms with van der Waals surface area (Å²) in [6.07, 6.45) is 5.28.